The first-order chi connectivity index (χ1) is 15.1. The van der Waals surface area contributed by atoms with Gasteiger partial charge in [-0.1, -0.05) is 56.8 Å². The number of fused-ring (bicyclic) bond motifs is 4. The van der Waals surface area contributed by atoms with Crippen LogP contribution in [0.25, 0.3) is 11.8 Å². The van der Waals surface area contributed by atoms with E-state index in [1.807, 2.05) is 48.5 Å². The van der Waals surface area contributed by atoms with Crippen molar-refractivity contribution in [3.05, 3.63) is 53.6 Å². The fourth-order valence-corrected chi connectivity index (χ4v) is 7.89. The van der Waals surface area contributed by atoms with Crippen LogP contribution in [0.2, 0.25) is 0 Å². The maximum Gasteiger partial charge on any atom is 0.527 e. The van der Waals surface area contributed by atoms with Gasteiger partial charge in [0.2, 0.25) is 0 Å². The second-order valence-electron chi connectivity index (χ2n) is 9.75. The van der Waals surface area contributed by atoms with E-state index < -0.39 is 7.82 Å². The fourth-order valence-electron chi connectivity index (χ4n) is 5.67. The first-order valence-corrected chi connectivity index (χ1v) is 13.3. The average Bonchev–Trinajstić information content (AvgIpc) is 2.99. The molecule has 170 valence electrons. The quantitative estimate of drug-likeness (QED) is 0.473. The zero-order valence-electron chi connectivity index (χ0n) is 18.8. The second kappa shape index (κ2) is 7.66. The summed E-state index contributed by atoms with van der Waals surface area (Å²) in [7, 11) is -2.75. The Hall–Kier alpha value is -1.72. The lowest BCUT2D eigenvalue weighted by Gasteiger charge is -2.39. The first kappa shape index (κ1) is 22.1. The van der Waals surface area contributed by atoms with E-state index in [-0.39, 0.29) is 16.9 Å². The Labute approximate surface area is 193 Å². The van der Waals surface area contributed by atoms with Gasteiger partial charge in [-0.15, -0.1) is 0 Å². The topological polar surface area (TPSA) is 65.0 Å². The molecule has 5 rings (SSSR count). The maximum atomic E-state index is 13.3. The van der Waals surface area contributed by atoms with Gasteiger partial charge in [0.25, 0.3) is 0 Å². The Morgan fingerprint density at radius 1 is 1.12 bits per heavy atom. The highest BCUT2D eigenvalue weighted by Gasteiger charge is 2.63. The van der Waals surface area contributed by atoms with Crippen molar-refractivity contribution < 1.29 is 23.2 Å². The smallest absolute Gasteiger partial charge is 0.496 e. The van der Waals surface area contributed by atoms with Crippen molar-refractivity contribution in [1.82, 2.24) is 0 Å². The summed E-state index contributed by atoms with van der Waals surface area (Å²) in [5, 5.41) is 0. The number of hydrogen-bond acceptors (Lipinski definition) is 5. The molecule has 1 N–H and O–H groups in total. The molecule has 0 aromatic heterocycles. The maximum absolute atomic E-state index is 13.3. The van der Waals surface area contributed by atoms with E-state index in [9.17, 15) is 9.46 Å². The Morgan fingerprint density at radius 3 is 2.59 bits per heavy atom. The van der Waals surface area contributed by atoms with Gasteiger partial charge in [-0.3, -0.25) is 9.42 Å². The minimum Gasteiger partial charge on any atom is -0.496 e. The van der Waals surface area contributed by atoms with Crippen LogP contribution in [0.5, 0.6) is 5.75 Å². The van der Waals surface area contributed by atoms with Crippen molar-refractivity contribution in [3.8, 4) is 5.75 Å². The largest absolute Gasteiger partial charge is 0.527 e. The summed E-state index contributed by atoms with van der Waals surface area (Å²) >= 11 is 1.56. The number of ether oxygens (including phenoxy) is 1. The third kappa shape index (κ3) is 3.43. The van der Waals surface area contributed by atoms with Crippen LogP contribution < -0.4 is 4.74 Å². The molecule has 32 heavy (non-hydrogen) atoms. The van der Waals surface area contributed by atoms with Gasteiger partial charge in [0.15, 0.2) is 0 Å². The summed E-state index contributed by atoms with van der Waals surface area (Å²) in [6, 6.07) is 13.5. The molecule has 1 heterocycles. The minimum atomic E-state index is -4.37. The number of phosphoric ester groups is 1. The highest BCUT2D eigenvalue weighted by Crippen LogP contribution is 2.69. The van der Waals surface area contributed by atoms with Gasteiger partial charge >= 0.3 is 7.82 Å². The molecule has 2 aliphatic carbocycles. The Balaban J connectivity index is 1.49. The van der Waals surface area contributed by atoms with E-state index in [4.69, 9.17) is 13.8 Å². The number of hydrogen-bond donors (Lipinski definition) is 1. The van der Waals surface area contributed by atoms with Crippen LogP contribution in [0.15, 0.2) is 52.3 Å². The van der Waals surface area contributed by atoms with Gasteiger partial charge in [0.05, 0.1) is 18.1 Å². The first-order valence-electron chi connectivity index (χ1n) is 11.0. The van der Waals surface area contributed by atoms with Crippen LogP contribution in [0, 0.1) is 16.7 Å². The molecule has 2 aromatic carbocycles. The minimum absolute atomic E-state index is 0.0782. The lowest BCUT2D eigenvalue weighted by Crippen LogP contribution is -2.36. The van der Waals surface area contributed by atoms with E-state index >= 15 is 0 Å². The normalized spacial score (nSPS) is 29.3. The summed E-state index contributed by atoms with van der Waals surface area (Å²) in [6.45, 7) is 6.69. The fraction of sp³-hybridized carbons (Fsp3) is 0.440. The molecule has 0 radical (unpaired) electrons. The zero-order chi connectivity index (χ0) is 22.7. The lowest BCUT2D eigenvalue weighted by atomic mass is 9.70. The van der Waals surface area contributed by atoms with E-state index in [0.717, 1.165) is 34.6 Å². The van der Waals surface area contributed by atoms with Crippen LogP contribution in [-0.2, 0) is 13.6 Å². The number of phosphoric acid groups is 1. The Morgan fingerprint density at radius 2 is 1.91 bits per heavy atom. The van der Waals surface area contributed by atoms with E-state index in [1.54, 1.807) is 18.9 Å². The molecular formula is C25H29O5PS. The molecule has 7 heteroatoms. The van der Waals surface area contributed by atoms with Crippen LogP contribution in [0.4, 0.5) is 0 Å². The van der Waals surface area contributed by atoms with Crippen LogP contribution >= 0.6 is 19.6 Å². The lowest BCUT2D eigenvalue weighted by molar-refractivity contribution is 0.0107. The average molecular weight is 473 g/mol. The van der Waals surface area contributed by atoms with Gasteiger partial charge in [0, 0.05) is 10.5 Å². The molecule has 2 saturated carbocycles. The molecule has 2 aromatic rings. The molecule has 0 saturated heterocycles. The summed E-state index contributed by atoms with van der Waals surface area (Å²) in [4.78, 5) is 12.7. The summed E-state index contributed by atoms with van der Waals surface area (Å²) in [5.74, 6) is 1.51. The van der Waals surface area contributed by atoms with Crippen molar-refractivity contribution >= 4 is 31.4 Å². The predicted molar refractivity (Wildman–Crippen MR) is 126 cm³/mol. The zero-order valence-corrected chi connectivity index (χ0v) is 20.5. The second-order valence-corrected chi connectivity index (χ2v) is 12.1. The van der Waals surface area contributed by atoms with Crippen molar-refractivity contribution in [2.24, 2.45) is 16.7 Å². The summed E-state index contributed by atoms with van der Waals surface area (Å²) in [5.41, 5.74) is 1.57. The van der Waals surface area contributed by atoms with Crippen molar-refractivity contribution in [2.45, 2.75) is 55.9 Å². The van der Waals surface area contributed by atoms with Crippen molar-refractivity contribution in [3.63, 3.8) is 0 Å². The van der Waals surface area contributed by atoms with Gasteiger partial charge in [-0.25, -0.2) is 4.57 Å². The molecule has 2 fully saturated rings. The molecule has 3 aliphatic rings. The third-order valence-electron chi connectivity index (χ3n) is 8.07. The van der Waals surface area contributed by atoms with Gasteiger partial charge in [0.1, 0.15) is 11.5 Å². The monoisotopic (exact) mass is 472 g/mol. The molecule has 0 spiro atoms. The SMILES string of the molecule is COc1cccc2c1Sc1ccccc1C=C2OP(=O)(O)O[C@H]1C[C@@H]2CC[C@@]1(C)C2(C)C. The van der Waals surface area contributed by atoms with E-state index in [2.05, 4.69) is 20.8 Å². The number of benzene rings is 2. The standard InChI is InChI=1S/C25H29O5PS/c1-24(2)17-12-13-25(24,3)22(15-17)30-31(26,27)29-20-14-16-8-5-6-11-21(16)32-23-18(20)9-7-10-19(23)28-4/h5-11,14,17,22H,12-13,15H2,1-4H3,(H,26,27)/t17-,22-,25+/m0/s1. The molecular weight excluding hydrogens is 443 g/mol. The highest BCUT2D eigenvalue weighted by molar-refractivity contribution is 7.99. The van der Waals surface area contributed by atoms with Crippen molar-refractivity contribution in [2.75, 3.05) is 7.11 Å². The van der Waals surface area contributed by atoms with Crippen LogP contribution in [0.3, 0.4) is 0 Å². The molecule has 0 amide bonds. The van der Waals surface area contributed by atoms with Crippen LogP contribution in [0.1, 0.15) is 51.2 Å². The Kier molecular flexibility index (Phi) is 5.29. The molecule has 5 nitrogen and oxygen atoms in total. The van der Waals surface area contributed by atoms with E-state index in [0.29, 0.717) is 23.0 Å². The molecule has 1 aliphatic heterocycles. The highest BCUT2D eigenvalue weighted by atomic mass is 32.2. The number of rotatable bonds is 5. The summed E-state index contributed by atoms with van der Waals surface area (Å²) < 4.78 is 30.6. The third-order valence-corrected chi connectivity index (χ3v) is 10.2. The van der Waals surface area contributed by atoms with Gasteiger partial charge < -0.3 is 9.26 Å². The molecule has 4 atom stereocenters. The molecule has 2 bridgehead atoms. The van der Waals surface area contributed by atoms with Crippen LogP contribution in [-0.4, -0.2) is 18.1 Å². The van der Waals surface area contributed by atoms with Crippen molar-refractivity contribution in [1.29, 1.82) is 0 Å². The predicted octanol–water partition coefficient (Wildman–Crippen LogP) is 7.01. The molecule has 1 unspecified atom stereocenters. The Bertz CT molecular complexity index is 1140. The van der Waals surface area contributed by atoms with Gasteiger partial charge in [-0.05, 0) is 65.8 Å². The van der Waals surface area contributed by atoms with Gasteiger partial charge in [-0.2, -0.15) is 0 Å². The van der Waals surface area contributed by atoms with E-state index in [1.165, 1.54) is 0 Å². The summed E-state index contributed by atoms with van der Waals surface area (Å²) in [6.07, 6.45) is 4.45. The number of methoxy groups -OCH3 is 1.